The summed E-state index contributed by atoms with van der Waals surface area (Å²) in [6.45, 7) is 1.62. The molecule has 4 aromatic rings. The first kappa shape index (κ1) is 21.7. The van der Waals surface area contributed by atoms with E-state index in [1.165, 1.54) is 0 Å². The van der Waals surface area contributed by atoms with Gasteiger partial charge in [-0.15, -0.1) is 0 Å². The molecule has 0 aliphatic heterocycles. The number of amides is 1. The van der Waals surface area contributed by atoms with Crippen LogP contribution in [-0.4, -0.2) is 35.7 Å². The molecule has 7 heteroatoms. The molecule has 0 unspecified atom stereocenters. The average molecular weight is 450 g/mol. The molecule has 0 aliphatic carbocycles. The smallest absolute Gasteiger partial charge is 0.251 e. The van der Waals surface area contributed by atoms with Gasteiger partial charge in [0.05, 0.1) is 24.7 Å². The van der Waals surface area contributed by atoms with Crippen molar-refractivity contribution in [1.82, 2.24) is 14.9 Å². The Kier molecular flexibility index (Phi) is 6.92. The molecule has 1 aromatic heterocycles. The van der Waals surface area contributed by atoms with Gasteiger partial charge in [-0.1, -0.05) is 23.7 Å². The van der Waals surface area contributed by atoms with Gasteiger partial charge in [-0.2, -0.15) is 0 Å². The number of para-hydroxylation sites is 2. The minimum atomic E-state index is -0.132. The van der Waals surface area contributed by atoms with Gasteiger partial charge in [0, 0.05) is 23.6 Å². The maximum atomic E-state index is 12.4. The summed E-state index contributed by atoms with van der Waals surface area (Å²) < 4.78 is 13.2. The number of carbonyl (C=O) groups is 1. The van der Waals surface area contributed by atoms with Crippen molar-refractivity contribution >= 4 is 28.5 Å². The topological polar surface area (TPSA) is 65.4 Å². The number of carbonyl (C=O) groups excluding carboxylic acids is 1. The summed E-state index contributed by atoms with van der Waals surface area (Å²) in [7, 11) is 1.64. The molecule has 0 atom stereocenters. The minimum absolute atomic E-state index is 0.132. The van der Waals surface area contributed by atoms with Crippen molar-refractivity contribution in [1.29, 1.82) is 0 Å². The second kappa shape index (κ2) is 10.2. The van der Waals surface area contributed by atoms with E-state index in [1.54, 1.807) is 31.4 Å². The van der Waals surface area contributed by atoms with E-state index in [9.17, 15) is 4.79 Å². The Morgan fingerprint density at radius 2 is 1.72 bits per heavy atom. The molecule has 1 heterocycles. The van der Waals surface area contributed by atoms with E-state index in [-0.39, 0.29) is 5.91 Å². The Labute approximate surface area is 191 Å². The van der Waals surface area contributed by atoms with Crippen LogP contribution in [0.4, 0.5) is 0 Å². The first-order valence-corrected chi connectivity index (χ1v) is 10.8. The van der Waals surface area contributed by atoms with Crippen LogP contribution in [0.15, 0.2) is 72.8 Å². The van der Waals surface area contributed by atoms with Gasteiger partial charge >= 0.3 is 0 Å². The minimum Gasteiger partial charge on any atom is -0.497 e. The van der Waals surface area contributed by atoms with Gasteiger partial charge in [-0.05, 0) is 60.7 Å². The Morgan fingerprint density at radius 3 is 2.47 bits per heavy atom. The lowest BCUT2D eigenvalue weighted by Crippen LogP contribution is -2.26. The highest BCUT2D eigenvalue weighted by Gasteiger charge is 2.12. The van der Waals surface area contributed by atoms with E-state index in [0.29, 0.717) is 36.7 Å². The Bertz CT molecular complexity index is 1190. The Morgan fingerprint density at radius 1 is 1.00 bits per heavy atom. The van der Waals surface area contributed by atoms with Crippen LogP contribution < -0.4 is 14.8 Å². The molecule has 0 aliphatic rings. The molecule has 3 aromatic carbocycles. The normalized spacial score (nSPS) is 10.8. The highest BCUT2D eigenvalue weighted by atomic mass is 35.5. The number of nitrogens with one attached hydrogen (secondary N) is 1. The molecular formula is C25H24ClN3O3. The number of halogens is 1. The van der Waals surface area contributed by atoms with Crippen LogP contribution in [0.1, 0.15) is 16.2 Å². The predicted molar refractivity (Wildman–Crippen MR) is 126 cm³/mol. The van der Waals surface area contributed by atoms with Crippen LogP contribution in [0.5, 0.6) is 11.5 Å². The average Bonchev–Trinajstić information content (AvgIpc) is 3.17. The molecule has 32 heavy (non-hydrogen) atoms. The van der Waals surface area contributed by atoms with E-state index in [1.807, 2.05) is 48.5 Å². The summed E-state index contributed by atoms with van der Waals surface area (Å²) in [4.78, 5) is 17.1. The fourth-order valence-electron chi connectivity index (χ4n) is 3.48. The van der Waals surface area contributed by atoms with Crippen molar-refractivity contribution in [3.63, 3.8) is 0 Å². The summed E-state index contributed by atoms with van der Waals surface area (Å²) in [6.07, 6.45) is 0.608. The number of nitrogens with zero attached hydrogens (tertiary/aromatic N) is 2. The lowest BCUT2D eigenvalue weighted by atomic mass is 10.2. The Hall–Kier alpha value is -3.51. The van der Waals surface area contributed by atoms with Gasteiger partial charge < -0.3 is 19.4 Å². The van der Waals surface area contributed by atoms with E-state index < -0.39 is 0 Å². The number of hydrogen-bond acceptors (Lipinski definition) is 4. The molecule has 0 fully saturated rings. The second-order valence-electron chi connectivity index (χ2n) is 7.21. The van der Waals surface area contributed by atoms with Gasteiger partial charge in [-0.3, -0.25) is 4.79 Å². The number of fused-ring (bicyclic) bond motifs is 1. The number of rotatable bonds is 9. The van der Waals surface area contributed by atoms with Crippen molar-refractivity contribution in [3.05, 3.63) is 89.2 Å². The molecule has 0 saturated carbocycles. The number of benzene rings is 3. The number of hydrogen-bond donors (Lipinski definition) is 1. The SMILES string of the molecule is COc1ccc(OCCn2c(CCNC(=O)c3ccc(Cl)cc3)nc3ccccc32)cc1. The number of methoxy groups -OCH3 is 1. The van der Waals surface area contributed by atoms with Crippen LogP contribution >= 0.6 is 11.6 Å². The van der Waals surface area contributed by atoms with Gasteiger partial charge in [0.1, 0.15) is 23.9 Å². The first-order chi connectivity index (χ1) is 15.6. The third kappa shape index (κ3) is 5.21. The highest BCUT2D eigenvalue weighted by molar-refractivity contribution is 6.30. The lowest BCUT2D eigenvalue weighted by Gasteiger charge is -2.12. The van der Waals surface area contributed by atoms with Gasteiger partial charge in [-0.25, -0.2) is 4.98 Å². The van der Waals surface area contributed by atoms with Crippen LogP contribution in [-0.2, 0) is 13.0 Å². The second-order valence-corrected chi connectivity index (χ2v) is 7.64. The highest BCUT2D eigenvalue weighted by Crippen LogP contribution is 2.19. The number of ether oxygens (including phenoxy) is 2. The Balaban J connectivity index is 1.40. The fourth-order valence-corrected chi connectivity index (χ4v) is 3.61. The lowest BCUT2D eigenvalue weighted by molar-refractivity contribution is 0.0954. The van der Waals surface area contributed by atoms with Gasteiger partial charge in [0.15, 0.2) is 0 Å². The van der Waals surface area contributed by atoms with Crippen LogP contribution in [0.25, 0.3) is 11.0 Å². The standard InChI is InChI=1S/C25H24ClN3O3/c1-31-20-10-12-21(13-11-20)32-17-16-29-23-5-3-2-4-22(23)28-24(29)14-15-27-25(30)18-6-8-19(26)9-7-18/h2-13H,14-17H2,1H3,(H,27,30). The number of aromatic nitrogens is 2. The molecule has 164 valence electrons. The maximum Gasteiger partial charge on any atom is 0.251 e. The zero-order chi connectivity index (χ0) is 22.3. The van der Waals surface area contributed by atoms with Crippen molar-refractivity contribution in [2.45, 2.75) is 13.0 Å². The van der Waals surface area contributed by atoms with Crippen LogP contribution in [0, 0.1) is 0 Å². The molecular weight excluding hydrogens is 426 g/mol. The monoisotopic (exact) mass is 449 g/mol. The third-order valence-electron chi connectivity index (χ3n) is 5.12. The van der Waals surface area contributed by atoms with Crippen LogP contribution in [0.2, 0.25) is 5.02 Å². The molecule has 1 amide bonds. The van der Waals surface area contributed by atoms with Crippen molar-refractivity contribution < 1.29 is 14.3 Å². The van der Waals surface area contributed by atoms with E-state index >= 15 is 0 Å². The fraction of sp³-hybridized carbons (Fsp3) is 0.200. The quantitative estimate of drug-likeness (QED) is 0.400. The van der Waals surface area contributed by atoms with Gasteiger partial charge in [0.2, 0.25) is 0 Å². The van der Waals surface area contributed by atoms with E-state index in [4.69, 9.17) is 26.1 Å². The van der Waals surface area contributed by atoms with Gasteiger partial charge in [0.25, 0.3) is 5.91 Å². The molecule has 0 radical (unpaired) electrons. The summed E-state index contributed by atoms with van der Waals surface area (Å²) in [5.74, 6) is 2.35. The zero-order valence-electron chi connectivity index (χ0n) is 17.8. The molecule has 6 nitrogen and oxygen atoms in total. The molecule has 0 bridgehead atoms. The van der Waals surface area contributed by atoms with Crippen molar-refractivity contribution in [2.75, 3.05) is 20.3 Å². The molecule has 0 spiro atoms. The van der Waals surface area contributed by atoms with E-state index in [0.717, 1.165) is 28.4 Å². The first-order valence-electron chi connectivity index (χ1n) is 10.4. The molecule has 4 rings (SSSR count). The zero-order valence-corrected chi connectivity index (χ0v) is 18.5. The van der Waals surface area contributed by atoms with Crippen molar-refractivity contribution in [2.24, 2.45) is 0 Å². The maximum absolute atomic E-state index is 12.4. The van der Waals surface area contributed by atoms with Crippen LogP contribution in [0.3, 0.4) is 0 Å². The number of imidazole rings is 1. The molecule has 1 N–H and O–H groups in total. The largest absolute Gasteiger partial charge is 0.497 e. The summed E-state index contributed by atoms with van der Waals surface area (Å²) in [5, 5.41) is 3.56. The summed E-state index contributed by atoms with van der Waals surface area (Å²) in [6, 6.07) is 22.4. The van der Waals surface area contributed by atoms with E-state index in [2.05, 4.69) is 9.88 Å². The third-order valence-corrected chi connectivity index (χ3v) is 5.37. The molecule has 0 saturated heterocycles. The predicted octanol–water partition coefficient (Wildman–Crippen LogP) is 4.75. The van der Waals surface area contributed by atoms with Crippen molar-refractivity contribution in [3.8, 4) is 11.5 Å². The summed E-state index contributed by atoms with van der Waals surface area (Å²) in [5.41, 5.74) is 2.55. The summed E-state index contributed by atoms with van der Waals surface area (Å²) >= 11 is 5.89.